The van der Waals surface area contributed by atoms with Gasteiger partial charge in [-0.05, 0) is 44.7 Å². The van der Waals surface area contributed by atoms with Gasteiger partial charge in [-0.1, -0.05) is 30.2 Å². The topological polar surface area (TPSA) is 12.0 Å². The second-order valence-electron chi connectivity index (χ2n) is 4.91. The zero-order valence-corrected chi connectivity index (χ0v) is 10.0. The molecule has 1 aliphatic rings. The van der Waals surface area contributed by atoms with Crippen LogP contribution in [-0.4, -0.2) is 6.04 Å². The molecule has 1 heterocycles. The molecule has 1 N–H and O–H groups in total. The summed E-state index contributed by atoms with van der Waals surface area (Å²) in [4.78, 5) is 0. The summed E-state index contributed by atoms with van der Waals surface area (Å²) in [6.07, 6.45) is 3.96. The van der Waals surface area contributed by atoms with Gasteiger partial charge in [0.25, 0.3) is 0 Å². The Kier molecular flexibility index (Phi) is 3.11. The fourth-order valence-electron chi connectivity index (χ4n) is 2.52. The molecule has 2 rings (SSSR count). The fraction of sp³-hybridized carbons (Fsp3) is 0.571. The minimum absolute atomic E-state index is 0.577. The number of nitrogens with one attached hydrogen (secondary N) is 1. The van der Waals surface area contributed by atoms with Gasteiger partial charge in [0.1, 0.15) is 0 Å². The van der Waals surface area contributed by atoms with Crippen molar-refractivity contribution >= 4 is 0 Å². The lowest BCUT2D eigenvalue weighted by Crippen LogP contribution is -2.34. The van der Waals surface area contributed by atoms with Gasteiger partial charge in [-0.15, -0.1) is 0 Å². The summed E-state index contributed by atoms with van der Waals surface area (Å²) < 4.78 is 0. The second-order valence-corrected chi connectivity index (χ2v) is 4.91. The Morgan fingerprint density at radius 1 is 1.20 bits per heavy atom. The second kappa shape index (κ2) is 4.36. The van der Waals surface area contributed by atoms with Crippen LogP contribution in [0, 0.1) is 13.8 Å². The summed E-state index contributed by atoms with van der Waals surface area (Å²) in [5.74, 6) is 0. The van der Waals surface area contributed by atoms with Crippen LogP contribution in [-0.2, 0) is 0 Å². The van der Waals surface area contributed by atoms with E-state index in [1.54, 1.807) is 0 Å². The van der Waals surface area contributed by atoms with E-state index < -0.39 is 0 Å². The molecular formula is C14H21N. The molecule has 0 amide bonds. The summed E-state index contributed by atoms with van der Waals surface area (Å²) in [5.41, 5.74) is 4.30. The largest absolute Gasteiger partial charge is 0.307 e. The number of hydrogen-bond donors (Lipinski definition) is 1. The van der Waals surface area contributed by atoms with Gasteiger partial charge in [0.05, 0.1) is 0 Å². The molecule has 1 aromatic rings. The minimum Gasteiger partial charge on any atom is -0.307 e. The highest BCUT2D eigenvalue weighted by Crippen LogP contribution is 2.28. The van der Waals surface area contributed by atoms with Gasteiger partial charge in [-0.25, -0.2) is 0 Å². The Morgan fingerprint density at radius 3 is 2.73 bits per heavy atom. The molecule has 0 radical (unpaired) electrons. The Hall–Kier alpha value is -0.820. The molecule has 1 aliphatic heterocycles. The van der Waals surface area contributed by atoms with Crippen LogP contribution in [0.4, 0.5) is 0 Å². The third-order valence-corrected chi connectivity index (χ3v) is 3.43. The van der Waals surface area contributed by atoms with Crippen molar-refractivity contribution in [1.29, 1.82) is 0 Å². The number of piperidine rings is 1. The van der Waals surface area contributed by atoms with Crippen LogP contribution < -0.4 is 5.32 Å². The first-order valence-corrected chi connectivity index (χ1v) is 6.00. The number of aryl methyl sites for hydroxylation is 2. The van der Waals surface area contributed by atoms with E-state index in [0.29, 0.717) is 12.1 Å². The van der Waals surface area contributed by atoms with Crippen molar-refractivity contribution in [3.8, 4) is 0 Å². The van der Waals surface area contributed by atoms with E-state index in [9.17, 15) is 0 Å². The number of rotatable bonds is 1. The lowest BCUT2D eigenvalue weighted by atomic mass is 9.91. The Bertz CT molecular complexity index is 343. The summed E-state index contributed by atoms with van der Waals surface area (Å²) in [5, 5.41) is 3.70. The number of benzene rings is 1. The monoisotopic (exact) mass is 203 g/mol. The van der Waals surface area contributed by atoms with Crippen molar-refractivity contribution in [2.45, 2.75) is 52.1 Å². The van der Waals surface area contributed by atoms with E-state index in [1.165, 1.54) is 36.0 Å². The molecule has 2 unspecified atom stereocenters. The zero-order valence-electron chi connectivity index (χ0n) is 10.0. The molecule has 0 aliphatic carbocycles. The highest BCUT2D eigenvalue weighted by atomic mass is 15.0. The first-order valence-electron chi connectivity index (χ1n) is 6.00. The smallest absolute Gasteiger partial charge is 0.0325 e. The normalized spacial score (nSPS) is 26.6. The average molecular weight is 203 g/mol. The van der Waals surface area contributed by atoms with Crippen LogP contribution in [0.25, 0.3) is 0 Å². The third kappa shape index (κ3) is 2.40. The molecule has 0 bridgehead atoms. The third-order valence-electron chi connectivity index (χ3n) is 3.43. The maximum Gasteiger partial charge on any atom is 0.0325 e. The molecular weight excluding hydrogens is 182 g/mol. The molecule has 82 valence electrons. The standard InChI is InChI=1S/C14H21N/c1-10-7-8-11(2)13(9-10)14-6-4-5-12(3)15-14/h7-9,12,14-15H,4-6H2,1-3H3. The summed E-state index contributed by atoms with van der Waals surface area (Å²) in [7, 11) is 0. The quantitative estimate of drug-likeness (QED) is 0.736. The Balaban J connectivity index is 2.24. The van der Waals surface area contributed by atoms with Crippen LogP contribution in [0.15, 0.2) is 18.2 Å². The van der Waals surface area contributed by atoms with Gasteiger partial charge in [0, 0.05) is 12.1 Å². The molecule has 0 saturated carbocycles. The molecule has 15 heavy (non-hydrogen) atoms. The lowest BCUT2D eigenvalue weighted by molar-refractivity contribution is 0.340. The maximum atomic E-state index is 3.70. The molecule has 1 aromatic carbocycles. The van der Waals surface area contributed by atoms with Crippen LogP contribution in [0.2, 0.25) is 0 Å². The van der Waals surface area contributed by atoms with Crippen molar-refractivity contribution in [2.75, 3.05) is 0 Å². The molecule has 2 atom stereocenters. The van der Waals surface area contributed by atoms with Crippen LogP contribution in [0.5, 0.6) is 0 Å². The average Bonchev–Trinajstić information content (AvgIpc) is 2.22. The minimum atomic E-state index is 0.577. The van der Waals surface area contributed by atoms with E-state index in [1.807, 2.05) is 0 Å². The highest BCUT2D eigenvalue weighted by molar-refractivity contribution is 5.33. The van der Waals surface area contributed by atoms with E-state index in [0.717, 1.165) is 0 Å². The van der Waals surface area contributed by atoms with Crippen LogP contribution in [0.3, 0.4) is 0 Å². The Morgan fingerprint density at radius 2 is 2.00 bits per heavy atom. The van der Waals surface area contributed by atoms with Gasteiger partial charge in [0.2, 0.25) is 0 Å². The van der Waals surface area contributed by atoms with Gasteiger partial charge < -0.3 is 5.32 Å². The zero-order chi connectivity index (χ0) is 10.8. The fourth-order valence-corrected chi connectivity index (χ4v) is 2.52. The maximum absolute atomic E-state index is 3.70. The molecule has 1 nitrogen and oxygen atoms in total. The lowest BCUT2D eigenvalue weighted by Gasteiger charge is -2.30. The molecule has 1 saturated heterocycles. The first-order chi connectivity index (χ1) is 7.16. The summed E-state index contributed by atoms with van der Waals surface area (Å²) >= 11 is 0. The predicted octanol–water partition coefficient (Wildman–Crippen LogP) is 3.51. The van der Waals surface area contributed by atoms with Crippen molar-refractivity contribution in [3.63, 3.8) is 0 Å². The Labute approximate surface area is 92.9 Å². The van der Waals surface area contributed by atoms with Crippen molar-refractivity contribution in [3.05, 3.63) is 34.9 Å². The van der Waals surface area contributed by atoms with Gasteiger partial charge in [0.15, 0.2) is 0 Å². The van der Waals surface area contributed by atoms with Crippen LogP contribution in [0.1, 0.15) is 48.9 Å². The van der Waals surface area contributed by atoms with Gasteiger partial charge >= 0.3 is 0 Å². The van der Waals surface area contributed by atoms with Gasteiger partial charge in [-0.2, -0.15) is 0 Å². The summed E-state index contributed by atoms with van der Waals surface area (Å²) in [6, 6.07) is 8.03. The molecule has 1 heteroatoms. The van der Waals surface area contributed by atoms with Gasteiger partial charge in [-0.3, -0.25) is 0 Å². The van der Waals surface area contributed by atoms with Crippen molar-refractivity contribution < 1.29 is 0 Å². The molecule has 0 spiro atoms. The van der Waals surface area contributed by atoms with E-state index in [2.05, 4.69) is 44.3 Å². The summed E-state index contributed by atoms with van der Waals surface area (Å²) in [6.45, 7) is 6.68. The SMILES string of the molecule is Cc1ccc(C)c(C2CCCC(C)N2)c1. The van der Waals surface area contributed by atoms with E-state index >= 15 is 0 Å². The van der Waals surface area contributed by atoms with Crippen molar-refractivity contribution in [2.24, 2.45) is 0 Å². The highest BCUT2D eigenvalue weighted by Gasteiger charge is 2.20. The molecule has 1 fully saturated rings. The first kappa shape index (κ1) is 10.7. The predicted molar refractivity (Wildman–Crippen MR) is 65.1 cm³/mol. The van der Waals surface area contributed by atoms with E-state index in [-0.39, 0.29) is 0 Å². The van der Waals surface area contributed by atoms with E-state index in [4.69, 9.17) is 0 Å². The van der Waals surface area contributed by atoms with Crippen LogP contribution >= 0.6 is 0 Å². The van der Waals surface area contributed by atoms with Crippen molar-refractivity contribution in [1.82, 2.24) is 5.32 Å². The molecule has 0 aromatic heterocycles. The number of hydrogen-bond acceptors (Lipinski definition) is 1.